The third-order valence-electron chi connectivity index (χ3n) is 3.60. The molecule has 2 nitrogen and oxygen atoms in total. The van der Waals surface area contributed by atoms with Crippen molar-refractivity contribution in [2.24, 2.45) is 0 Å². The minimum atomic E-state index is 0.546. The third-order valence-corrected chi connectivity index (χ3v) is 3.60. The van der Waals surface area contributed by atoms with Gasteiger partial charge in [-0.05, 0) is 37.9 Å². The molecule has 1 aromatic heterocycles. The van der Waals surface area contributed by atoms with Crippen LogP contribution in [0.4, 0.5) is 0 Å². The minimum absolute atomic E-state index is 0.546. The number of rotatable bonds is 1. The van der Waals surface area contributed by atoms with Crippen LogP contribution in [0.5, 0.6) is 0 Å². The van der Waals surface area contributed by atoms with Crippen LogP contribution in [0.3, 0.4) is 0 Å². The Morgan fingerprint density at radius 3 is 2.88 bits per heavy atom. The zero-order valence-electron chi connectivity index (χ0n) is 9.72. The molecule has 0 spiro atoms. The van der Waals surface area contributed by atoms with Gasteiger partial charge in [0.15, 0.2) is 0 Å². The second-order valence-corrected chi connectivity index (χ2v) is 4.71. The van der Waals surface area contributed by atoms with Crippen LogP contribution in [0.25, 0.3) is 10.9 Å². The number of aromatic amines is 1. The molecule has 0 amide bonds. The minimum Gasteiger partial charge on any atom is -0.358 e. The normalized spacial score (nSPS) is 21.4. The highest BCUT2D eigenvalue weighted by atomic mass is 14.9. The van der Waals surface area contributed by atoms with Crippen LogP contribution < -0.4 is 5.32 Å². The van der Waals surface area contributed by atoms with E-state index in [-0.39, 0.29) is 0 Å². The van der Waals surface area contributed by atoms with Crippen LogP contribution in [0.15, 0.2) is 24.3 Å². The maximum Gasteiger partial charge on any atom is 0.0459 e. The molecule has 1 aromatic carbocycles. The first-order chi connectivity index (χ1) is 7.86. The number of nitrogens with one attached hydrogen (secondary N) is 2. The van der Waals surface area contributed by atoms with E-state index in [0.29, 0.717) is 6.04 Å². The SMILES string of the molecule is Cc1[nH]c2ccccc2c1C1CCCCN1. The summed E-state index contributed by atoms with van der Waals surface area (Å²) in [6.07, 6.45) is 3.93. The highest BCUT2D eigenvalue weighted by Gasteiger charge is 2.20. The van der Waals surface area contributed by atoms with Crippen molar-refractivity contribution in [3.05, 3.63) is 35.5 Å². The van der Waals surface area contributed by atoms with E-state index in [1.54, 1.807) is 0 Å². The Morgan fingerprint density at radius 1 is 1.19 bits per heavy atom. The van der Waals surface area contributed by atoms with Crippen molar-refractivity contribution >= 4 is 10.9 Å². The van der Waals surface area contributed by atoms with Crippen molar-refractivity contribution in [2.45, 2.75) is 32.2 Å². The summed E-state index contributed by atoms with van der Waals surface area (Å²) in [6.45, 7) is 3.34. The number of benzene rings is 1. The molecule has 1 atom stereocenters. The number of hydrogen-bond acceptors (Lipinski definition) is 1. The lowest BCUT2D eigenvalue weighted by atomic mass is 9.95. The lowest BCUT2D eigenvalue weighted by molar-refractivity contribution is 0.413. The highest BCUT2D eigenvalue weighted by molar-refractivity contribution is 5.85. The summed E-state index contributed by atoms with van der Waals surface area (Å²) >= 11 is 0. The van der Waals surface area contributed by atoms with Crippen molar-refractivity contribution < 1.29 is 0 Å². The smallest absolute Gasteiger partial charge is 0.0459 e. The van der Waals surface area contributed by atoms with Crippen LogP contribution in [-0.2, 0) is 0 Å². The second-order valence-electron chi connectivity index (χ2n) is 4.71. The lowest BCUT2D eigenvalue weighted by Gasteiger charge is -2.24. The monoisotopic (exact) mass is 214 g/mol. The van der Waals surface area contributed by atoms with Gasteiger partial charge in [-0.3, -0.25) is 0 Å². The van der Waals surface area contributed by atoms with Crippen molar-refractivity contribution in [1.82, 2.24) is 10.3 Å². The summed E-state index contributed by atoms with van der Waals surface area (Å²) in [6, 6.07) is 9.15. The van der Waals surface area contributed by atoms with Gasteiger partial charge in [0.2, 0.25) is 0 Å². The van der Waals surface area contributed by atoms with E-state index in [2.05, 4.69) is 41.5 Å². The van der Waals surface area contributed by atoms with Crippen molar-refractivity contribution in [3.8, 4) is 0 Å². The zero-order chi connectivity index (χ0) is 11.0. The fourth-order valence-corrected chi connectivity index (χ4v) is 2.85. The van der Waals surface area contributed by atoms with Crippen LogP contribution in [0.2, 0.25) is 0 Å². The molecule has 0 radical (unpaired) electrons. The summed E-state index contributed by atoms with van der Waals surface area (Å²) in [7, 11) is 0. The first-order valence-electron chi connectivity index (χ1n) is 6.17. The largest absolute Gasteiger partial charge is 0.358 e. The van der Waals surface area contributed by atoms with E-state index < -0.39 is 0 Å². The average molecular weight is 214 g/mol. The zero-order valence-corrected chi connectivity index (χ0v) is 9.72. The van der Waals surface area contributed by atoms with Gasteiger partial charge >= 0.3 is 0 Å². The van der Waals surface area contributed by atoms with E-state index in [1.807, 2.05) is 0 Å². The molecular weight excluding hydrogens is 196 g/mol. The van der Waals surface area contributed by atoms with Gasteiger partial charge in [-0.2, -0.15) is 0 Å². The van der Waals surface area contributed by atoms with Gasteiger partial charge in [0.25, 0.3) is 0 Å². The second kappa shape index (κ2) is 3.95. The highest BCUT2D eigenvalue weighted by Crippen LogP contribution is 2.31. The van der Waals surface area contributed by atoms with E-state index in [4.69, 9.17) is 0 Å². The molecular formula is C14H18N2. The number of H-pyrrole nitrogens is 1. The molecule has 1 fully saturated rings. The van der Waals surface area contributed by atoms with Crippen LogP contribution in [0, 0.1) is 6.92 Å². The van der Waals surface area contributed by atoms with Crippen LogP contribution in [0.1, 0.15) is 36.6 Å². The third kappa shape index (κ3) is 1.54. The van der Waals surface area contributed by atoms with Gasteiger partial charge in [-0.25, -0.2) is 0 Å². The predicted octanol–water partition coefficient (Wildman–Crippen LogP) is 3.29. The molecule has 0 bridgehead atoms. The number of aryl methyl sites for hydroxylation is 1. The Kier molecular flexibility index (Phi) is 2.44. The molecule has 1 unspecified atom stereocenters. The van der Waals surface area contributed by atoms with E-state index in [9.17, 15) is 0 Å². The topological polar surface area (TPSA) is 27.8 Å². The first-order valence-corrected chi connectivity index (χ1v) is 6.17. The molecule has 2 N–H and O–H groups in total. The molecule has 1 saturated heterocycles. The Bertz CT molecular complexity index is 492. The Labute approximate surface area is 96.1 Å². The summed E-state index contributed by atoms with van der Waals surface area (Å²) in [5.41, 5.74) is 4.07. The van der Waals surface area contributed by atoms with Gasteiger partial charge in [-0.1, -0.05) is 24.6 Å². The van der Waals surface area contributed by atoms with Gasteiger partial charge in [-0.15, -0.1) is 0 Å². The fourth-order valence-electron chi connectivity index (χ4n) is 2.85. The van der Waals surface area contributed by atoms with Gasteiger partial charge in [0, 0.05) is 22.6 Å². The number of para-hydroxylation sites is 1. The summed E-state index contributed by atoms with van der Waals surface area (Å²) < 4.78 is 0. The molecule has 0 aliphatic carbocycles. The molecule has 1 aliphatic rings. The van der Waals surface area contributed by atoms with Crippen LogP contribution >= 0.6 is 0 Å². The molecule has 2 aromatic rings. The van der Waals surface area contributed by atoms with Crippen molar-refractivity contribution in [1.29, 1.82) is 0 Å². The lowest BCUT2D eigenvalue weighted by Crippen LogP contribution is -2.27. The summed E-state index contributed by atoms with van der Waals surface area (Å²) in [4.78, 5) is 3.48. The van der Waals surface area contributed by atoms with E-state index >= 15 is 0 Å². The standard InChI is InChI=1S/C14H18N2/c1-10-14(13-8-4-5-9-15-13)11-6-2-3-7-12(11)16-10/h2-3,6-7,13,15-16H,4-5,8-9H2,1H3. The van der Waals surface area contributed by atoms with Gasteiger partial charge < -0.3 is 10.3 Å². The molecule has 16 heavy (non-hydrogen) atoms. The summed E-state index contributed by atoms with van der Waals surface area (Å²) in [5, 5.41) is 5.02. The maximum atomic E-state index is 3.63. The van der Waals surface area contributed by atoms with Gasteiger partial charge in [0.05, 0.1) is 0 Å². The maximum absolute atomic E-state index is 3.63. The Hall–Kier alpha value is -1.28. The quantitative estimate of drug-likeness (QED) is 0.749. The molecule has 1 aliphatic heterocycles. The summed E-state index contributed by atoms with van der Waals surface area (Å²) in [5.74, 6) is 0. The molecule has 2 heterocycles. The van der Waals surface area contributed by atoms with E-state index in [1.165, 1.54) is 41.4 Å². The number of fused-ring (bicyclic) bond motifs is 1. The number of aromatic nitrogens is 1. The average Bonchev–Trinajstić information content (AvgIpc) is 2.66. The predicted molar refractivity (Wildman–Crippen MR) is 67.6 cm³/mol. The Morgan fingerprint density at radius 2 is 2.06 bits per heavy atom. The molecule has 84 valence electrons. The van der Waals surface area contributed by atoms with Crippen molar-refractivity contribution in [2.75, 3.05) is 6.54 Å². The number of piperidine rings is 1. The molecule has 0 saturated carbocycles. The first kappa shape index (κ1) is 9.91. The van der Waals surface area contributed by atoms with E-state index in [0.717, 1.165) is 6.54 Å². The molecule has 3 rings (SSSR count). The van der Waals surface area contributed by atoms with Crippen molar-refractivity contribution in [3.63, 3.8) is 0 Å². The fraction of sp³-hybridized carbons (Fsp3) is 0.429. The van der Waals surface area contributed by atoms with Gasteiger partial charge in [0.1, 0.15) is 0 Å². The van der Waals surface area contributed by atoms with Crippen LogP contribution in [-0.4, -0.2) is 11.5 Å². The molecule has 2 heteroatoms. The Balaban J connectivity index is 2.10. The number of hydrogen-bond donors (Lipinski definition) is 2.